The van der Waals surface area contributed by atoms with Crippen molar-refractivity contribution in [1.29, 1.82) is 0 Å². The lowest BCUT2D eigenvalue weighted by Crippen LogP contribution is -2.25. The molecule has 3 N–H and O–H groups in total. The third-order valence-corrected chi connectivity index (χ3v) is 2.63. The molecule has 0 bridgehead atoms. The molecule has 0 unspecified atom stereocenters. The van der Waals surface area contributed by atoms with Crippen LogP contribution in [0.2, 0.25) is 0 Å². The number of methoxy groups -OCH3 is 1. The molecule has 0 fully saturated rings. The van der Waals surface area contributed by atoms with E-state index in [9.17, 15) is 4.79 Å². The van der Waals surface area contributed by atoms with E-state index in [-0.39, 0.29) is 5.91 Å². The second-order valence-electron chi connectivity index (χ2n) is 4.02. The summed E-state index contributed by atoms with van der Waals surface area (Å²) in [6.45, 7) is 1.40. The summed E-state index contributed by atoms with van der Waals surface area (Å²) in [6.07, 6.45) is 5.81. The van der Waals surface area contributed by atoms with Crippen LogP contribution in [0.1, 0.15) is 36.0 Å². The molecular weight excluding hydrogens is 230 g/mol. The van der Waals surface area contributed by atoms with Gasteiger partial charge in [0.05, 0.1) is 7.11 Å². The molecule has 1 rings (SSSR count). The molecule has 100 valence electrons. The monoisotopic (exact) mass is 251 g/mol. The van der Waals surface area contributed by atoms with E-state index in [1.165, 1.54) is 7.11 Å². The average Bonchev–Trinajstić information content (AvgIpc) is 2.42. The maximum absolute atomic E-state index is 11.9. The summed E-state index contributed by atoms with van der Waals surface area (Å²) in [7, 11) is 1.51. The molecule has 1 aromatic heterocycles. The molecule has 0 aliphatic carbocycles. The minimum absolute atomic E-state index is 0.140. The van der Waals surface area contributed by atoms with Crippen molar-refractivity contribution in [1.82, 2.24) is 10.3 Å². The van der Waals surface area contributed by atoms with Gasteiger partial charge >= 0.3 is 0 Å². The van der Waals surface area contributed by atoms with Crippen LogP contribution in [0.4, 0.5) is 0 Å². The SMILES string of the molecule is COc1ncccc1C(=O)NCCCCCCN. The number of nitrogens with two attached hydrogens (primary N) is 1. The zero-order valence-corrected chi connectivity index (χ0v) is 10.8. The van der Waals surface area contributed by atoms with E-state index in [4.69, 9.17) is 10.5 Å². The molecule has 0 spiro atoms. The van der Waals surface area contributed by atoms with Gasteiger partial charge < -0.3 is 15.8 Å². The van der Waals surface area contributed by atoms with E-state index in [2.05, 4.69) is 10.3 Å². The van der Waals surface area contributed by atoms with Crippen LogP contribution < -0.4 is 15.8 Å². The Balaban J connectivity index is 2.32. The van der Waals surface area contributed by atoms with E-state index in [0.29, 0.717) is 18.0 Å². The Labute approximate surface area is 108 Å². The van der Waals surface area contributed by atoms with E-state index < -0.39 is 0 Å². The van der Waals surface area contributed by atoms with Crippen molar-refractivity contribution in [2.24, 2.45) is 5.73 Å². The van der Waals surface area contributed by atoms with Gasteiger partial charge in [0, 0.05) is 12.7 Å². The third-order valence-electron chi connectivity index (χ3n) is 2.63. The van der Waals surface area contributed by atoms with Gasteiger partial charge in [-0.25, -0.2) is 4.98 Å². The number of nitrogens with zero attached hydrogens (tertiary/aromatic N) is 1. The molecule has 5 nitrogen and oxygen atoms in total. The maximum atomic E-state index is 11.9. The second-order valence-corrected chi connectivity index (χ2v) is 4.02. The zero-order chi connectivity index (χ0) is 13.2. The topological polar surface area (TPSA) is 77.2 Å². The number of carbonyl (C=O) groups excluding carboxylic acids is 1. The number of unbranched alkanes of at least 4 members (excludes halogenated alkanes) is 3. The normalized spacial score (nSPS) is 10.1. The van der Waals surface area contributed by atoms with E-state index in [1.807, 2.05) is 0 Å². The van der Waals surface area contributed by atoms with Crippen LogP contribution in [0.25, 0.3) is 0 Å². The lowest BCUT2D eigenvalue weighted by Gasteiger charge is -2.07. The van der Waals surface area contributed by atoms with Gasteiger partial charge in [-0.3, -0.25) is 4.79 Å². The highest BCUT2D eigenvalue weighted by Crippen LogP contribution is 2.12. The Morgan fingerprint density at radius 3 is 2.89 bits per heavy atom. The van der Waals surface area contributed by atoms with Gasteiger partial charge in [-0.1, -0.05) is 12.8 Å². The number of rotatable bonds is 8. The van der Waals surface area contributed by atoms with Gasteiger partial charge in [-0.2, -0.15) is 0 Å². The summed E-state index contributed by atoms with van der Waals surface area (Å²) < 4.78 is 5.04. The summed E-state index contributed by atoms with van der Waals surface area (Å²) in [6, 6.07) is 3.42. The fourth-order valence-corrected chi connectivity index (χ4v) is 1.65. The maximum Gasteiger partial charge on any atom is 0.256 e. The smallest absolute Gasteiger partial charge is 0.256 e. The highest BCUT2D eigenvalue weighted by atomic mass is 16.5. The highest BCUT2D eigenvalue weighted by molar-refractivity contribution is 5.96. The van der Waals surface area contributed by atoms with Crippen molar-refractivity contribution in [3.8, 4) is 5.88 Å². The number of amides is 1. The van der Waals surface area contributed by atoms with E-state index in [0.717, 1.165) is 32.2 Å². The zero-order valence-electron chi connectivity index (χ0n) is 10.8. The average molecular weight is 251 g/mol. The largest absolute Gasteiger partial charge is 0.480 e. The Bertz CT molecular complexity index is 369. The predicted molar refractivity (Wildman–Crippen MR) is 70.6 cm³/mol. The van der Waals surface area contributed by atoms with Crippen LogP contribution in [0.5, 0.6) is 5.88 Å². The number of hydrogen-bond acceptors (Lipinski definition) is 4. The van der Waals surface area contributed by atoms with Gasteiger partial charge in [0.25, 0.3) is 5.91 Å². The number of hydrogen-bond donors (Lipinski definition) is 2. The minimum atomic E-state index is -0.140. The molecule has 5 heteroatoms. The number of carbonyl (C=O) groups is 1. The van der Waals surface area contributed by atoms with E-state index >= 15 is 0 Å². The van der Waals surface area contributed by atoms with Crippen LogP contribution in [0.3, 0.4) is 0 Å². The molecule has 1 aromatic rings. The van der Waals surface area contributed by atoms with Crippen molar-refractivity contribution in [2.75, 3.05) is 20.2 Å². The quantitative estimate of drug-likeness (QED) is 0.683. The molecule has 18 heavy (non-hydrogen) atoms. The van der Waals surface area contributed by atoms with Crippen LogP contribution in [-0.2, 0) is 0 Å². The Morgan fingerprint density at radius 1 is 1.39 bits per heavy atom. The van der Waals surface area contributed by atoms with Gasteiger partial charge in [0.15, 0.2) is 0 Å². The third kappa shape index (κ3) is 4.71. The summed E-state index contributed by atoms with van der Waals surface area (Å²) >= 11 is 0. The van der Waals surface area contributed by atoms with Crippen molar-refractivity contribution >= 4 is 5.91 Å². The van der Waals surface area contributed by atoms with Gasteiger partial charge in [-0.05, 0) is 31.5 Å². The van der Waals surface area contributed by atoms with Gasteiger partial charge in [0.2, 0.25) is 5.88 Å². The fraction of sp³-hybridized carbons (Fsp3) is 0.538. The molecule has 0 aliphatic heterocycles. The van der Waals surface area contributed by atoms with Crippen molar-refractivity contribution in [3.05, 3.63) is 23.9 Å². The first-order chi connectivity index (χ1) is 8.79. The fourth-order valence-electron chi connectivity index (χ4n) is 1.65. The van der Waals surface area contributed by atoms with Gasteiger partial charge in [0.1, 0.15) is 5.56 Å². The first kappa shape index (κ1) is 14.4. The Kier molecular flexibility index (Phi) is 6.79. The first-order valence-electron chi connectivity index (χ1n) is 6.27. The Morgan fingerprint density at radius 2 is 2.17 bits per heavy atom. The van der Waals surface area contributed by atoms with Crippen molar-refractivity contribution in [2.45, 2.75) is 25.7 Å². The molecule has 0 radical (unpaired) electrons. The first-order valence-corrected chi connectivity index (χ1v) is 6.27. The number of ether oxygens (including phenoxy) is 1. The molecule has 0 aliphatic rings. The van der Waals surface area contributed by atoms with Crippen molar-refractivity contribution < 1.29 is 9.53 Å². The van der Waals surface area contributed by atoms with Crippen LogP contribution in [0.15, 0.2) is 18.3 Å². The van der Waals surface area contributed by atoms with Gasteiger partial charge in [-0.15, -0.1) is 0 Å². The summed E-state index contributed by atoms with van der Waals surface area (Å²) in [5.41, 5.74) is 5.88. The molecular formula is C13H21N3O2. The lowest BCUT2D eigenvalue weighted by atomic mass is 10.2. The molecule has 0 saturated carbocycles. The van der Waals surface area contributed by atoms with Crippen molar-refractivity contribution in [3.63, 3.8) is 0 Å². The highest BCUT2D eigenvalue weighted by Gasteiger charge is 2.11. The van der Waals surface area contributed by atoms with E-state index in [1.54, 1.807) is 18.3 Å². The summed E-state index contributed by atoms with van der Waals surface area (Å²) in [5.74, 6) is 0.219. The Hall–Kier alpha value is -1.62. The standard InChI is InChI=1S/C13H21N3O2/c1-18-13-11(7-6-10-16-13)12(17)15-9-5-3-2-4-8-14/h6-7,10H,2-5,8-9,14H2,1H3,(H,15,17). The molecule has 1 heterocycles. The summed E-state index contributed by atoms with van der Waals surface area (Å²) in [4.78, 5) is 15.9. The number of nitrogens with one attached hydrogen (secondary N) is 1. The number of pyridine rings is 1. The lowest BCUT2D eigenvalue weighted by molar-refractivity contribution is 0.0949. The summed E-state index contributed by atoms with van der Waals surface area (Å²) in [5, 5.41) is 2.86. The minimum Gasteiger partial charge on any atom is -0.480 e. The molecule has 0 saturated heterocycles. The molecule has 0 atom stereocenters. The second kappa shape index (κ2) is 8.47. The molecule has 1 amide bonds. The predicted octanol–water partition coefficient (Wildman–Crippen LogP) is 1.34. The van der Waals surface area contributed by atoms with Crippen LogP contribution in [-0.4, -0.2) is 31.1 Å². The van der Waals surface area contributed by atoms with Crippen LogP contribution in [0, 0.1) is 0 Å². The van der Waals surface area contributed by atoms with Crippen LogP contribution >= 0.6 is 0 Å². The molecule has 0 aromatic carbocycles. The number of aromatic nitrogens is 1.